The molecule has 2 aliphatic rings. The number of hydrogen-bond acceptors (Lipinski definition) is 4. The van der Waals surface area contributed by atoms with Crippen LogP contribution in [0.4, 0.5) is 0 Å². The van der Waals surface area contributed by atoms with E-state index in [0.29, 0.717) is 6.54 Å². The van der Waals surface area contributed by atoms with Gasteiger partial charge < -0.3 is 4.74 Å². The number of rotatable bonds is 2. The number of nitrogens with zero attached hydrogens (tertiary/aromatic N) is 3. The van der Waals surface area contributed by atoms with Crippen LogP contribution in [-0.4, -0.2) is 31.1 Å². The summed E-state index contributed by atoms with van der Waals surface area (Å²) < 4.78 is 5.38. The van der Waals surface area contributed by atoms with Gasteiger partial charge in [-0.3, -0.25) is 10.1 Å². The van der Waals surface area contributed by atoms with E-state index in [9.17, 15) is 4.79 Å². The summed E-state index contributed by atoms with van der Waals surface area (Å²) in [6.07, 6.45) is 2.23. The maximum atomic E-state index is 11.1. The van der Waals surface area contributed by atoms with Gasteiger partial charge in [-0.2, -0.15) is 0 Å². The normalized spacial score (nSPS) is 28.5. The van der Waals surface area contributed by atoms with Crippen molar-refractivity contribution >= 4 is 11.9 Å². The molecule has 1 N–H and O–H groups in total. The zero-order chi connectivity index (χ0) is 10.7. The number of azo groups is 1. The second-order valence-electron chi connectivity index (χ2n) is 3.40. The van der Waals surface area contributed by atoms with Gasteiger partial charge in [0.2, 0.25) is 5.96 Å². The van der Waals surface area contributed by atoms with Gasteiger partial charge in [0, 0.05) is 6.61 Å². The van der Waals surface area contributed by atoms with Crippen molar-refractivity contribution < 1.29 is 9.53 Å². The molecule has 0 aliphatic carbocycles. The van der Waals surface area contributed by atoms with Crippen molar-refractivity contribution in [2.45, 2.75) is 18.9 Å². The van der Waals surface area contributed by atoms with Crippen molar-refractivity contribution in [3.05, 3.63) is 12.3 Å². The number of amides is 1. The monoisotopic (exact) mass is 208 g/mol. The van der Waals surface area contributed by atoms with E-state index in [4.69, 9.17) is 4.74 Å². The number of carbonyl (C=O) groups is 1. The van der Waals surface area contributed by atoms with E-state index in [1.807, 2.05) is 0 Å². The fourth-order valence-corrected chi connectivity index (χ4v) is 1.40. The lowest BCUT2D eigenvalue weighted by molar-refractivity contribution is -0.116. The van der Waals surface area contributed by atoms with Gasteiger partial charge in [-0.1, -0.05) is 6.58 Å². The molecule has 6 heteroatoms. The first kappa shape index (κ1) is 9.97. The van der Waals surface area contributed by atoms with Gasteiger partial charge in [-0.15, -0.1) is 10.2 Å². The van der Waals surface area contributed by atoms with Crippen molar-refractivity contribution in [1.29, 1.82) is 0 Å². The zero-order valence-corrected chi connectivity index (χ0v) is 8.27. The molecular weight excluding hydrogens is 196 g/mol. The third-order valence-electron chi connectivity index (χ3n) is 2.22. The zero-order valence-electron chi connectivity index (χ0n) is 8.27. The predicted molar refractivity (Wildman–Crippen MR) is 53.4 cm³/mol. The third-order valence-corrected chi connectivity index (χ3v) is 2.22. The Morgan fingerprint density at radius 1 is 1.60 bits per heavy atom. The Kier molecular flexibility index (Phi) is 2.86. The molecule has 80 valence electrons. The third kappa shape index (κ3) is 2.47. The van der Waals surface area contributed by atoms with E-state index in [1.165, 1.54) is 0 Å². The molecule has 6 nitrogen and oxygen atoms in total. The van der Waals surface area contributed by atoms with Gasteiger partial charge in [0.1, 0.15) is 5.70 Å². The topological polar surface area (TPSA) is 75.4 Å². The molecule has 2 aliphatic heterocycles. The van der Waals surface area contributed by atoms with Crippen LogP contribution in [0.2, 0.25) is 0 Å². The van der Waals surface area contributed by atoms with E-state index in [2.05, 4.69) is 27.1 Å². The molecule has 1 saturated heterocycles. The van der Waals surface area contributed by atoms with Crippen LogP contribution < -0.4 is 5.32 Å². The smallest absolute Gasteiger partial charge is 0.277 e. The van der Waals surface area contributed by atoms with Crippen LogP contribution in [0.5, 0.6) is 0 Å². The summed E-state index contributed by atoms with van der Waals surface area (Å²) in [5, 5.41) is 9.78. The van der Waals surface area contributed by atoms with E-state index in [-0.39, 0.29) is 23.7 Å². The maximum Gasteiger partial charge on any atom is 0.277 e. The van der Waals surface area contributed by atoms with Gasteiger partial charge in [-0.25, -0.2) is 4.99 Å². The largest absolute Gasteiger partial charge is 0.376 e. The first-order valence-electron chi connectivity index (χ1n) is 4.84. The van der Waals surface area contributed by atoms with Crippen LogP contribution in [0.3, 0.4) is 0 Å². The Bertz CT molecular complexity index is 342. The minimum Gasteiger partial charge on any atom is -0.376 e. The number of ether oxygens (including phenoxy) is 1. The number of guanidine groups is 1. The summed E-state index contributed by atoms with van der Waals surface area (Å²) in [6.45, 7) is 4.72. The SMILES string of the molecule is C=C1N=NC(=NCC2CCCO2)NC1=O. The summed E-state index contributed by atoms with van der Waals surface area (Å²) in [5.41, 5.74) is 0.103. The lowest BCUT2D eigenvalue weighted by Gasteiger charge is -2.09. The molecule has 1 unspecified atom stereocenters. The summed E-state index contributed by atoms with van der Waals surface area (Å²) in [4.78, 5) is 15.2. The predicted octanol–water partition coefficient (Wildman–Crippen LogP) is 0.617. The summed E-state index contributed by atoms with van der Waals surface area (Å²) in [6, 6.07) is 0. The fraction of sp³-hybridized carbons (Fsp3) is 0.556. The average molecular weight is 208 g/mol. The lowest BCUT2D eigenvalue weighted by Crippen LogP contribution is -2.33. The van der Waals surface area contributed by atoms with Gasteiger partial charge in [0.15, 0.2) is 0 Å². The Balaban J connectivity index is 1.93. The Hall–Kier alpha value is -1.56. The summed E-state index contributed by atoms with van der Waals surface area (Å²) in [7, 11) is 0. The molecular formula is C9H12N4O2. The van der Waals surface area contributed by atoms with Crippen molar-refractivity contribution in [3.8, 4) is 0 Å². The number of aliphatic imine (C=N–C) groups is 1. The Morgan fingerprint density at radius 2 is 2.47 bits per heavy atom. The van der Waals surface area contributed by atoms with Gasteiger partial charge in [0.05, 0.1) is 12.6 Å². The van der Waals surface area contributed by atoms with Gasteiger partial charge in [0.25, 0.3) is 5.91 Å². The molecule has 1 amide bonds. The van der Waals surface area contributed by atoms with Crippen LogP contribution in [0.1, 0.15) is 12.8 Å². The fourth-order valence-electron chi connectivity index (χ4n) is 1.40. The first-order chi connectivity index (χ1) is 7.25. The van der Waals surface area contributed by atoms with Crippen LogP contribution in [0, 0.1) is 0 Å². The number of nitrogens with one attached hydrogen (secondary N) is 1. The van der Waals surface area contributed by atoms with Crippen LogP contribution in [0.15, 0.2) is 27.5 Å². The van der Waals surface area contributed by atoms with E-state index in [0.717, 1.165) is 19.4 Å². The van der Waals surface area contributed by atoms with Gasteiger partial charge in [-0.05, 0) is 12.8 Å². The average Bonchev–Trinajstić information content (AvgIpc) is 2.73. The van der Waals surface area contributed by atoms with Crippen LogP contribution >= 0.6 is 0 Å². The molecule has 0 radical (unpaired) electrons. The first-order valence-corrected chi connectivity index (χ1v) is 4.84. The minimum atomic E-state index is -0.351. The van der Waals surface area contributed by atoms with Crippen LogP contribution in [-0.2, 0) is 9.53 Å². The van der Waals surface area contributed by atoms with E-state index < -0.39 is 0 Å². The highest BCUT2D eigenvalue weighted by Gasteiger charge is 2.17. The standard InChI is InChI=1S/C9H12N4O2/c1-6-8(14)11-9(13-12-6)10-5-7-3-2-4-15-7/h7H,1-5H2,(H,10,11,14). The second kappa shape index (κ2) is 4.31. The lowest BCUT2D eigenvalue weighted by atomic mass is 10.2. The highest BCUT2D eigenvalue weighted by molar-refractivity contribution is 6.06. The van der Waals surface area contributed by atoms with Crippen molar-refractivity contribution in [2.24, 2.45) is 15.2 Å². The Labute approximate surface area is 87.1 Å². The molecule has 0 spiro atoms. The molecule has 1 fully saturated rings. The molecule has 0 bridgehead atoms. The molecule has 0 aromatic rings. The second-order valence-corrected chi connectivity index (χ2v) is 3.40. The molecule has 0 aromatic carbocycles. The highest BCUT2D eigenvalue weighted by Crippen LogP contribution is 2.12. The minimum absolute atomic E-state index is 0.103. The van der Waals surface area contributed by atoms with Gasteiger partial charge >= 0.3 is 0 Å². The van der Waals surface area contributed by atoms with Crippen molar-refractivity contribution in [2.75, 3.05) is 13.2 Å². The van der Waals surface area contributed by atoms with E-state index in [1.54, 1.807) is 0 Å². The molecule has 2 rings (SSSR count). The quantitative estimate of drug-likeness (QED) is 0.675. The summed E-state index contributed by atoms with van der Waals surface area (Å²) in [5.74, 6) is -0.112. The molecule has 1 atom stereocenters. The summed E-state index contributed by atoms with van der Waals surface area (Å²) >= 11 is 0. The van der Waals surface area contributed by atoms with E-state index >= 15 is 0 Å². The highest BCUT2D eigenvalue weighted by atomic mass is 16.5. The number of hydrogen-bond donors (Lipinski definition) is 1. The molecule has 0 saturated carbocycles. The van der Waals surface area contributed by atoms with Crippen molar-refractivity contribution in [1.82, 2.24) is 5.32 Å². The maximum absolute atomic E-state index is 11.1. The molecule has 0 aromatic heterocycles. The van der Waals surface area contributed by atoms with Crippen molar-refractivity contribution in [3.63, 3.8) is 0 Å². The Morgan fingerprint density at radius 3 is 3.13 bits per heavy atom. The number of carbonyl (C=O) groups excluding carboxylic acids is 1. The molecule has 2 heterocycles. The van der Waals surface area contributed by atoms with Crippen LogP contribution in [0.25, 0.3) is 0 Å². The molecule has 15 heavy (non-hydrogen) atoms.